The summed E-state index contributed by atoms with van der Waals surface area (Å²) in [4.78, 5) is 10.9. The third-order valence-electron chi connectivity index (χ3n) is 2.59. The zero-order valence-electron chi connectivity index (χ0n) is 10.1. The summed E-state index contributed by atoms with van der Waals surface area (Å²) in [5.41, 5.74) is 5.42. The van der Waals surface area contributed by atoms with E-state index < -0.39 is 11.8 Å². The molecule has 0 aliphatic rings. The molecule has 0 heterocycles. The molecule has 0 saturated carbocycles. The van der Waals surface area contributed by atoms with Gasteiger partial charge in [0.05, 0.1) is 16.8 Å². The molecule has 0 spiro atoms. The summed E-state index contributed by atoms with van der Waals surface area (Å²) in [5.74, 6) is -1.68. The maximum atomic E-state index is 13.4. The third-order valence-corrected chi connectivity index (χ3v) is 2.59. The van der Waals surface area contributed by atoms with Crippen molar-refractivity contribution in [3.05, 3.63) is 53.3 Å². The van der Waals surface area contributed by atoms with Crippen molar-refractivity contribution >= 4 is 11.7 Å². The molecule has 0 unspecified atom stereocenters. The van der Waals surface area contributed by atoms with Crippen molar-refractivity contribution in [3.63, 3.8) is 0 Å². The van der Waals surface area contributed by atoms with Gasteiger partial charge in [-0.15, -0.1) is 0 Å². The molecular formula is C14H9FN2O3. The van der Waals surface area contributed by atoms with Crippen molar-refractivity contribution in [3.8, 4) is 17.6 Å². The first-order valence-electron chi connectivity index (χ1n) is 5.52. The first-order valence-corrected chi connectivity index (χ1v) is 5.52. The number of para-hydroxylation sites is 1. The average molecular weight is 272 g/mol. The van der Waals surface area contributed by atoms with Crippen LogP contribution in [-0.4, -0.2) is 11.1 Å². The van der Waals surface area contributed by atoms with Gasteiger partial charge < -0.3 is 15.6 Å². The van der Waals surface area contributed by atoms with Crippen LogP contribution in [0.4, 0.5) is 10.1 Å². The van der Waals surface area contributed by atoms with Gasteiger partial charge in [-0.3, -0.25) is 0 Å². The fourth-order valence-corrected chi connectivity index (χ4v) is 1.60. The van der Waals surface area contributed by atoms with Gasteiger partial charge in [0.25, 0.3) is 0 Å². The van der Waals surface area contributed by atoms with E-state index in [0.717, 1.165) is 6.07 Å². The van der Waals surface area contributed by atoms with Gasteiger partial charge in [-0.05, 0) is 24.3 Å². The molecule has 6 heteroatoms. The van der Waals surface area contributed by atoms with Gasteiger partial charge in [-0.25, -0.2) is 9.18 Å². The molecule has 5 nitrogen and oxygen atoms in total. The number of anilines is 1. The highest BCUT2D eigenvalue weighted by Crippen LogP contribution is 2.30. The van der Waals surface area contributed by atoms with E-state index in [-0.39, 0.29) is 28.3 Å². The minimum atomic E-state index is -1.18. The number of halogens is 1. The Morgan fingerprint density at radius 3 is 2.70 bits per heavy atom. The first kappa shape index (κ1) is 13.4. The van der Waals surface area contributed by atoms with E-state index in [1.165, 1.54) is 30.3 Å². The van der Waals surface area contributed by atoms with Crippen LogP contribution in [0.3, 0.4) is 0 Å². The van der Waals surface area contributed by atoms with E-state index in [9.17, 15) is 9.18 Å². The van der Waals surface area contributed by atoms with Crippen LogP contribution in [0.25, 0.3) is 0 Å². The van der Waals surface area contributed by atoms with Crippen molar-refractivity contribution in [2.45, 2.75) is 0 Å². The average Bonchev–Trinajstić information content (AvgIpc) is 2.41. The molecule has 2 rings (SSSR count). The summed E-state index contributed by atoms with van der Waals surface area (Å²) in [6.45, 7) is 0. The number of hydrogen-bond acceptors (Lipinski definition) is 4. The van der Waals surface area contributed by atoms with E-state index in [1.54, 1.807) is 6.07 Å². The molecule has 100 valence electrons. The van der Waals surface area contributed by atoms with Crippen LogP contribution in [0.2, 0.25) is 0 Å². The summed E-state index contributed by atoms with van der Waals surface area (Å²) in [6, 6.07) is 9.66. The van der Waals surface area contributed by atoms with Crippen molar-refractivity contribution < 1.29 is 19.0 Å². The minimum absolute atomic E-state index is 0.0511. The van der Waals surface area contributed by atoms with Gasteiger partial charge in [0.2, 0.25) is 0 Å². The van der Waals surface area contributed by atoms with Crippen LogP contribution in [0, 0.1) is 17.1 Å². The Kier molecular flexibility index (Phi) is 3.53. The topological polar surface area (TPSA) is 96.3 Å². The highest BCUT2D eigenvalue weighted by atomic mass is 19.1. The molecule has 2 aromatic rings. The predicted octanol–water partition coefficient (Wildman–Crippen LogP) is 2.77. The number of carboxylic acids is 1. The number of carboxylic acid groups (broad SMARTS) is 1. The lowest BCUT2D eigenvalue weighted by atomic mass is 10.1. The molecule has 3 N–H and O–H groups in total. The van der Waals surface area contributed by atoms with Crippen LogP contribution >= 0.6 is 0 Å². The summed E-state index contributed by atoms with van der Waals surface area (Å²) in [5, 5.41) is 17.6. The maximum Gasteiger partial charge on any atom is 0.337 e. The maximum absolute atomic E-state index is 13.4. The van der Waals surface area contributed by atoms with E-state index in [0.29, 0.717) is 0 Å². The quantitative estimate of drug-likeness (QED) is 0.837. The monoisotopic (exact) mass is 272 g/mol. The first-order chi connectivity index (χ1) is 9.52. The number of nitrogens with zero attached hydrogens (tertiary/aromatic N) is 1. The van der Waals surface area contributed by atoms with Gasteiger partial charge in [-0.2, -0.15) is 5.26 Å². The van der Waals surface area contributed by atoms with Gasteiger partial charge in [-0.1, -0.05) is 6.07 Å². The normalized spacial score (nSPS) is 9.80. The van der Waals surface area contributed by atoms with Crippen LogP contribution < -0.4 is 10.5 Å². The number of hydrogen-bond donors (Lipinski definition) is 2. The van der Waals surface area contributed by atoms with E-state index >= 15 is 0 Å². The second-order valence-electron chi connectivity index (χ2n) is 3.88. The molecule has 0 amide bonds. The SMILES string of the molecule is N#Cc1ccc(Oc2cccc(C(=O)O)c2N)cc1F. The van der Waals surface area contributed by atoms with Gasteiger partial charge >= 0.3 is 5.97 Å². The van der Waals surface area contributed by atoms with E-state index in [4.69, 9.17) is 20.8 Å². The molecular weight excluding hydrogens is 263 g/mol. The Bertz CT molecular complexity index is 723. The Labute approximate surface area is 113 Å². The second kappa shape index (κ2) is 5.28. The van der Waals surface area contributed by atoms with Crippen LogP contribution in [-0.2, 0) is 0 Å². The lowest BCUT2D eigenvalue weighted by molar-refractivity contribution is 0.0697. The molecule has 0 bridgehead atoms. The largest absolute Gasteiger partial charge is 0.478 e. The standard InChI is InChI=1S/C14H9FN2O3/c15-11-6-9(5-4-8(11)7-16)20-12-3-1-2-10(13(12)17)14(18)19/h1-6H,17H2,(H,18,19). The molecule has 0 radical (unpaired) electrons. The number of carbonyl (C=O) groups is 1. The van der Waals surface area contributed by atoms with E-state index in [1.807, 2.05) is 0 Å². The Morgan fingerprint density at radius 2 is 2.10 bits per heavy atom. The van der Waals surface area contributed by atoms with Crippen molar-refractivity contribution in [1.82, 2.24) is 0 Å². The molecule has 0 aromatic heterocycles. The van der Waals surface area contributed by atoms with Gasteiger partial charge in [0.1, 0.15) is 17.6 Å². The lowest BCUT2D eigenvalue weighted by Crippen LogP contribution is -2.03. The molecule has 0 aliphatic heterocycles. The number of benzene rings is 2. The van der Waals surface area contributed by atoms with E-state index in [2.05, 4.69) is 0 Å². The zero-order valence-corrected chi connectivity index (χ0v) is 10.1. The second-order valence-corrected chi connectivity index (χ2v) is 3.88. The van der Waals surface area contributed by atoms with Crippen molar-refractivity contribution in [2.24, 2.45) is 0 Å². The number of nitrogens with two attached hydrogens (primary N) is 1. The fraction of sp³-hybridized carbons (Fsp3) is 0. The molecule has 0 fully saturated rings. The number of nitrogen functional groups attached to an aromatic ring is 1. The summed E-state index contributed by atoms with van der Waals surface area (Å²) in [6.07, 6.45) is 0. The zero-order chi connectivity index (χ0) is 14.7. The summed E-state index contributed by atoms with van der Waals surface area (Å²) in [7, 11) is 0. The van der Waals surface area contributed by atoms with Gasteiger partial charge in [0.15, 0.2) is 5.75 Å². The predicted molar refractivity (Wildman–Crippen MR) is 69.0 cm³/mol. The Hall–Kier alpha value is -3.07. The summed E-state index contributed by atoms with van der Waals surface area (Å²) < 4.78 is 18.8. The molecule has 0 aliphatic carbocycles. The molecule has 20 heavy (non-hydrogen) atoms. The van der Waals surface area contributed by atoms with Crippen LogP contribution in [0.1, 0.15) is 15.9 Å². The number of aromatic carboxylic acids is 1. The number of nitriles is 1. The summed E-state index contributed by atoms with van der Waals surface area (Å²) >= 11 is 0. The van der Waals surface area contributed by atoms with Crippen molar-refractivity contribution in [1.29, 1.82) is 5.26 Å². The lowest BCUT2D eigenvalue weighted by Gasteiger charge is -2.10. The molecule has 2 aromatic carbocycles. The van der Waals surface area contributed by atoms with Crippen LogP contribution in [0.5, 0.6) is 11.5 Å². The molecule has 0 atom stereocenters. The third kappa shape index (κ3) is 2.52. The number of ether oxygens (including phenoxy) is 1. The Balaban J connectivity index is 2.36. The fourth-order valence-electron chi connectivity index (χ4n) is 1.60. The highest BCUT2D eigenvalue weighted by molar-refractivity contribution is 5.95. The van der Waals surface area contributed by atoms with Gasteiger partial charge in [0, 0.05) is 6.07 Å². The Morgan fingerprint density at radius 1 is 1.35 bits per heavy atom. The minimum Gasteiger partial charge on any atom is -0.478 e. The smallest absolute Gasteiger partial charge is 0.337 e. The van der Waals surface area contributed by atoms with Crippen molar-refractivity contribution in [2.75, 3.05) is 5.73 Å². The van der Waals surface area contributed by atoms with Crippen LogP contribution in [0.15, 0.2) is 36.4 Å². The number of rotatable bonds is 3. The molecule has 0 saturated heterocycles. The highest BCUT2D eigenvalue weighted by Gasteiger charge is 2.13.